The lowest BCUT2D eigenvalue weighted by atomic mass is 9.81. The fourth-order valence-electron chi connectivity index (χ4n) is 4.77. The number of alkyl halides is 3. The van der Waals surface area contributed by atoms with Gasteiger partial charge in [0.1, 0.15) is 17.2 Å². The largest absolute Gasteiger partial charge is 0.573 e. The van der Waals surface area contributed by atoms with Crippen LogP contribution in [0.5, 0.6) is 11.5 Å². The summed E-state index contributed by atoms with van der Waals surface area (Å²) in [5.74, 6) is 0.450. The number of hydrogen-bond acceptors (Lipinski definition) is 6. The number of halogens is 3. The molecule has 3 aromatic rings. The van der Waals surface area contributed by atoms with E-state index in [4.69, 9.17) is 9.84 Å². The summed E-state index contributed by atoms with van der Waals surface area (Å²) in [7, 11) is 3.49. The standard InChI is InChI=1S/C28H25F3N4O2/c1-17-5-4-6-24(36-3)25(17)33-32-16-18-7-13-22-20(15-18)10-14-23-26(22)34-35(2)27(23)19-8-11-21(12-9-19)37-28(29,30)31/h4-16,23,27,33H,1-3H3/b32-16+. The fraction of sp³-hybridized carbons (Fsp3) is 0.214. The van der Waals surface area contributed by atoms with Crippen LogP contribution in [0.3, 0.4) is 0 Å². The molecule has 9 heteroatoms. The molecule has 0 radical (unpaired) electrons. The third-order valence-electron chi connectivity index (χ3n) is 6.46. The second-order valence-corrected chi connectivity index (χ2v) is 8.87. The second kappa shape index (κ2) is 9.65. The highest BCUT2D eigenvalue weighted by molar-refractivity contribution is 6.09. The highest BCUT2D eigenvalue weighted by Crippen LogP contribution is 2.41. The Bertz CT molecular complexity index is 1400. The molecule has 0 amide bonds. The van der Waals surface area contributed by atoms with Crippen LogP contribution in [0, 0.1) is 12.8 Å². The molecule has 37 heavy (non-hydrogen) atoms. The molecule has 0 spiro atoms. The van der Waals surface area contributed by atoms with Gasteiger partial charge < -0.3 is 9.47 Å². The minimum atomic E-state index is -4.72. The van der Waals surface area contributed by atoms with Crippen LogP contribution in [0.2, 0.25) is 0 Å². The topological polar surface area (TPSA) is 58.5 Å². The number of ether oxygens (including phenoxy) is 2. The normalized spacial score (nSPS) is 18.4. The molecule has 190 valence electrons. The molecule has 6 nitrogen and oxygen atoms in total. The van der Waals surface area contributed by atoms with E-state index in [9.17, 15) is 13.2 Å². The SMILES string of the molecule is COc1cccc(C)c1N/N=C/c1ccc2c(c1)C=CC1C2=NN(C)C1c1ccc(OC(F)(F)F)cc1. The first-order valence-corrected chi connectivity index (χ1v) is 11.7. The third kappa shape index (κ3) is 5.02. The Kier molecular flexibility index (Phi) is 6.37. The van der Waals surface area contributed by atoms with Gasteiger partial charge in [-0.05, 0) is 53.4 Å². The summed E-state index contributed by atoms with van der Waals surface area (Å²) < 4.78 is 46.9. The summed E-state index contributed by atoms with van der Waals surface area (Å²) in [5.41, 5.74) is 9.65. The molecule has 5 rings (SSSR count). The molecule has 2 aliphatic rings. The van der Waals surface area contributed by atoms with E-state index in [1.807, 2.05) is 55.4 Å². The van der Waals surface area contributed by atoms with Gasteiger partial charge in [-0.3, -0.25) is 10.4 Å². The molecule has 3 aromatic carbocycles. The molecule has 0 fully saturated rings. The van der Waals surface area contributed by atoms with Gasteiger partial charge in [0.15, 0.2) is 0 Å². The predicted molar refractivity (Wildman–Crippen MR) is 138 cm³/mol. The van der Waals surface area contributed by atoms with E-state index in [-0.39, 0.29) is 17.7 Å². The first-order chi connectivity index (χ1) is 17.7. The molecule has 1 heterocycles. The van der Waals surface area contributed by atoms with Gasteiger partial charge >= 0.3 is 6.36 Å². The molecule has 2 atom stereocenters. The van der Waals surface area contributed by atoms with Gasteiger partial charge in [0.25, 0.3) is 0 Å². The van der Waals surface area contributed by atoms with Crippen LogP contribution in [-0.4, -0.2) is 37.5 Å². The molecule has 0 bridgehead atoms. The molecular weight excluding hydrogens is 481 g/mol. The van der Waals surface area contributed by atoms with E-state index < -0.39 is 6.36 Å². The number of methoxy groups -OCH3 is 1. The van der Waals surface area contributed by atoms with E-state index in [0.717, 1.165) is 45.0 Å². The van der Waals surface area contributed by atoms with Gasteiger partial charge in [0.05, 0.1) is 25.1 Å². The molecule has 2 unspecified atom stereocenters. The van der Waals surface area contributed by atoms with E-state index in [1.165, 1.54) is 12.1 Å². The second-order valence-electron chi connectivity index (χ2n) is 8.87. The number of aryl methyl sites for hydroxylation is 1. The number of hydrazone groups is 2. The van der Waals surface area contributed by atoms with Crippen LogP contribution < -0.4 is 14.9 Å². The van der Waals surface area contributed by atoms with Crippen LogP contribution in [0.4, 0.5) is 18.9 Å². The van der Waals surface area contributed by atoms with Crippen molar-refractivity contribution in [2.24, 2.45) is 16.1 Å². The molecule has 0 aromatic heterocycles. The van der Waals surface area contributed by atoms with Gasteiger partial charge in [0.2, 0.25) is 0 Å². The molecule has 0 saturated carbocycles. The van der Waals surface area contributed by atoms with Crippen molar-refractivity contribution in [3.63, 3.8) is 0 Å². The zero-order valence-electron chi connectivity index (χ0n) is 20.5. The van der Waals surface area contributed by atoms with Crippen molar-refractivity contribution < 1.29 is 22.6 Å². The minimum absolute atomic E-state index is 0.0263. The fourth-order valence-corrected chi connectivity index (χ4v) is 4.77. The quantitative estimate of drug-likeness (QED) is 0.311. The van der Waals surface area contributed by atoms with Crippen molar-refractivity contribution in [2.45, 2.75) is 19.3 Å². The lowest BCUT2D eigenvalue weighted by Crippen LogP contribution is -2.24. The Labute approximate surface area is 212 Å². The maximum Gasteiger partial charge on any atom is 0.573 e. The molecule has 1 N–H and O–H groups in total. The number of para-hydroxylation sites is 1. The lowest BCUT2D eigenvalue weighted by Gasteiger charge is -2.26. The van der Waals surface area contributed by atoms with E-state index in [2.05, 4.69) is 27.4 Å². The number of nitrogens with zero attached hydrogens (tertiary/aromatic N) is 3. The summed E-state index contributed by atoms with van der Waals surface area (Å²) in [4.78, 5) is 0. The van der Waals surface area contributed by atoms with Crippen LogP contribution in [0.1, 0.15) is 33.9 Å². The average Bonchev–Trinajstić information content (AvgIpc) is 3.20. The summed E-state index contributed by atoms with van der Waals surface area (Å²) in [6, 6.07) is 17.7. The van der Waals surface area contributed by atoms with E-state index >= 15 is 0 Å². The molecule has 0 saturated heterocycles. The van der Waals surface area contributed by atoms with Crippen LogP contribution in [0.25, 0.3) is 6.08 Å². The Morgan fingerprint density at radius 1 is 1.08 bits per heavy atom. The number of rotatable bonds is 6. The number of fused-ring (bicyclic) bond motifs is 3. The Hall–Kier alpha value is -4.27. The predicted octanol–water partition coefficient (Wildman–Crippen LogP) is 6.38. The summed E-state index contributed by atoms with van der Waals surface area (Å²) in [5, 5.41) is 11.0. The van der Waals surface area contributed by atoms with Crippen molar-refractivity contribution >= 4 is 23.7 Å². The van der Waals surface area contributed by atoms with Gasteiger partial charge in [-0.25, -0.2) is 0 Å². The zero-order chi connectivity index (χ0) is 26.2. The number of nitrogens with one attached hydrogen (secondary N) is 1. The highest BCUT2D eigenvalue weighted by atomic mass is 19.4. The minimum Gasteiger partial charge on any atom is -0.495 e. The summed E-state index contributed by atoms with van der Waals surface area (Å²) in [6.45, 7) is 1.98. The van der Waals surface area contributed by atoms with E-state index in [0.29, 0.717) is 0 Å². The van der Waals surface area contributed by atoms with Crippen LogP contribution in [0.15, 0.2) is 76.9 Å². The Balaban J connectivity index is 1.33. The van der Waals surface area contributed by atoms with Crippen LogP contribution >= 0.6 is 0 Å². The van der Waals surface area contributed by atoms with Crippen molar-refractivity contribution in [1.29, 1.82) is 0 Å². The monoisotopic (exact) mass is 506 g/mol. The number of anilines is 1. The van der Waals surface area contributed by atoms with Gasteiger partial charge in [-0.1, -0.05) is 48.6 Å². The smallest absolute Gasteiger partial charge is 0.495 e. The molecular formula is C28H25F3N4O2. The molecule has 1 aliphatic heterocycles. The van der Waals surface area contributed by atoms with Crippen molar-refractivity contribution in [3.05, 3.63) is 94.6 Å². The third-order valence-corrected chi connectivity index (χ3v) is 6.46. The zero-order valence-corrected chi connectivity index (χ0v) is 20.5. The first kappa shape index (κ1) is 24.4. The maximum atomic E-state index is 12.5. The Morgan fingerprint density at radius 2 is 1.86 bits per heavy atom. The number of hydrogen-bond donors (Lipinski definition) is 1. The van der Waals surface area contributed by atoms with Gasteiger partial charge in [0, 0.05) is 18.5 Å². The van der Waals surface area contributed by atoms with Crippen molar-refractivity contribution in [1.82, 2.24) is 5.01 Å². The van der Waals surface area contributed by atoms with Crippen molar-refractivity contribution in [3.8, 4) is 11.5 Å². The molecule has 1 aliphatic carbocycles. The maximum absolute atomic E-state index is 12.5. The Morgan fingerprint density at radius 3 is 2.59 bits per heavy atom. The first-order valence-electron chi connectivity index (χ1n) is 11.7. The summed E-state index contributed by atoms with van der Waals surface area (Å²) in [6.07, 6.45) is 1.18. The van der Waals surface area contributed by atoms with Crippen molar-refractivity contribution in [2.75, 3.05) is 19.6 Å². The number of benzene rings is 3. The summed E-state index contributed by atoms with van der Waals surface area (Å²) >= 11 is 0. The highest BCUT2D eigenvalue weighted by Gasteiger charge is 2.38. The van der Waals surface area contributed by atoms with E-state index in [1.54, 1.807) is 25.5 Å². The van der Waals surface area contributed by atoms with Gasteiger partial charge in [-0.2, -0.15) is 10.2 Å². The average molecular weight is 507 g/mol. The lowest BCUT2D eigenvalue weighted by molar-refractivity contribution is -0.274. The van der Waals surface area contributed by atoms with Crippen LogP contribution in [-0.2, 0) is 0 Å². The van der Waals surface area contributed by atoms with Gasteiger partial charge in [-0.15, -0.1) is 13.2 Å².